The van der Waals surface area contributed by atoms with Gasteiger partial charge < -0.3 is 15.2 Å². The summed E-state index contributed by atoms with van der Waals surface area (Å²) < 4.78 is 5.06. The first-order valence-electron chi connectivity index (χ1n) is 6.01. The van der Waals surface area contributed by atoms with Gasteiger partial charge in [-0.2, -0.15) is 0 Å². The van der Waals surface area contributed by atoms with Crippen LogP contribution in [-0.4, -0.2) is 31.5 Å². The number of hydrogen-bond acceptors (Lipinski definition) is 3. The summed E-state index contributed by atoms with van der Waals surface area (Å²) in [5.74, 6) is 0. The maximum absolute atomic E-state index is 9.22. The molecule has 1 rings (SSSR count). The fraction of sp³-hybridized carbons (Fsp3) is 0.571. The first-order valence-corrected chi connectivity index (χ1v) is 6.01. The average Bonchev–Trinajstić information content (AvgIpc) is 2.28. The molecule has 0 heterocycles. The molecule has 0 saturated carbocycles. The van der Waals surface area contributed by atoms with Gasteiger partial charge in [0.25, 0.3) is 0 Å². The quantitative estimate of drug-likeness (QED) is 0.794. The molecule has 2 atom stereocenters. The van der Waals surface area contributed by atoms with Gasteiger partial charge in [0.15, 0.2) is 0 Å². The number of hydrogen-bond donors (Lipinski definition) is 2. The molecule has 0 spiro atoms. The highest BCUT2D eigenvalue weighted by atomic mass is 16.5. The van der Waals surface area contributed by atoms with Crippen molar-refractivity contribution >= 4 is 0 Å². The van der Waals surface area contributed by atoms with Gasteiger partial charge in [0.05, 0.1) is 19.3 Å². The molecule has 0 aliphatic carbocycles. The third-order valence-corrected chi connectivity index (χ3v) is 2.97. The second-order valence-electron chi connectivity index (χ2n) is 4.58. The minimum atomic E-state index is -0.0179. The molecule has 1 aromatic carbocycles. The van der Waals surface area contributed by atoms with Crippen LogP contribution in [0.5, 0.6) is 0 Å². The second kappa shape index (κ2) is 6.74. The minimum Gasteiger partial charge on any atom is -0.395 e. The zero-order valence-electron chi connectivity index (χ0n) is 11.2. The summed E-state index contributed by atoms with van der Waals surface area (Å²) >= 11 is 0. The third kappa shape index (κ3) is 4.11. The Labute approximate surface area is 104 Å². The third-order valence-electron chi connectivity index (χ3n) is 2.97. The fourth-order valence-electron chi connectivity index (χ4n) is 2.11. The van der Waals surface area contributed by atoms with Gasteiger partial charge in [-0.25, -0.2) is 0 Å². The molecule has 0 radical (unpaired) electrons. The van der Waals surface area contributed by atoms with Crippen LogP contribution in [0.15, 0.2) is 18.2 Å². The molecular formula is C14H23NO2. The number of aliphatic hydroxyl groups excluding tert-OH is 1. The number of methoxy groups -OCH3 is 1. The van der Waals surface area contributed by atoms with Crippen molar-refractivity contribution in [3.8, 4) is 0 Å². The van der Waals surface area contributed by atoms with E-state index < -0.39 is 0 Å². The van der Waals surface area contributed by atoms with Crippen LogP contribution >= 0.6 is 0 Å². The Morgan fingerprint density at radius 1 is 1.35 bits per heavy atom. The van der Waals surface area contributed by atoms with Crippen LogP contribution in [0.2, 0.25) is 0 Å². The summed E-state index contributed by atoms with van der Waals surface area (Å²) in [7, 11) is 1.64. The van der Waals surface area contributed by atoms with Crippen molar-refractivity contribution in [2.45, 2.75) is 32.9 Å². The molecule has 0 aliphatic rings. The lowest BCUT2D eigenvalue weighted by Crippen LogP contribution is -2.38. The van der Waals surface area contributed by atoms with Gasteiger partial charge in [0.1, 0.15) is 0 Å². The topological polar surface area (TPSA) is 41.5 Å². The summed E-state index contributed by atoms with van der Waals surface area (Å²) in [5, 5.41) is 12.6. The molecule has 2 N–H and O–H groups in total. The van der Waals surface area contributed by atoms with Crippen LogP contribution in [0.25, 0.3) is 0 Å². The van der Waals surface area contributed by atoms with Gasteiger partial charge in [-0.3, -0.25) is 0 Å². The predicted molar refractivity (Wildman–Crippen MR) is 70.2 cm³/mol. The van der Waals surface area contributed by atoms with E-state index in [4.69, 9.17) is 4.74 Å². The lowest BCUT2D eigenvalue weighted by molar-refractivity contribution is 0.123. The Bertz CT molecular complexity index is 352. The molecule has 17 heavy (non-hydrogen) atoms. The SMILES string of the molecule is COCC(CO)NC(C)c1ccc(C)cc1C. The average molecular weight is 237 g/mol. The maximum atomic E-state index is 9.22. The van der Waals surface area contributed by atoms with E-state index in [1.807, 2.05) is 0 Å². The lowest BCUT2D eigenvalue weighted by Gasteiger charge is -2.22. The normalized spacial score (nSPS) is 14.6. The van der Waals surface area contributed by atoms with Crippen LogP contribution in [0.4, 0.5) is 0 Å². The predicted octanol–water partition coefficient (Wildman–Crippen LogP) is 1.96. The molecule has 3 heteroatoms. The van der Waals surface area contributed by atoms with E-state index in [1.165, 1.54) is 16.7 Å². The number of benzene rings is 1. The zero-order chi connectivity index (χ0) is 12.8. The van der Waals surface area contributed by atoms with Gasteiger partial charge in [-0.05, 0) is 31.9 Å². The Hall–Kier alpha value is -0.900. The highest BCUT2D eigenvalue weighted by Gasteiger charge is 2.13. The number of aryl methyl sites for hydroxylation is 2. The summed E-state index contributed by atoms with van der Waals surface area (Å²) in [6.07, 6.45) is 0. The highest BCUT2D eigenvalue weighted by Crippen LogP contribution is 2.18. The van der Waals surface area contributed by atoms with Crippen molar-refractivity contribution in [1.82, 2.24) is 5.32 Å². The van der Waals surface area contributed by atoms with E-state index in [9.17, 15) is 5.11 Å². The Balaban J connectivity index is 2.71. The molecule has 0 fully saturated rings. The van der Waals surface area contributed by atoms with Crippen LogP contribution < -0.4 is 5.32 Å². The van der Waals surface area contributed by atoms with Gasteiger partial charge in [-0.15, -0.1) is 0 Å². The number of aliphatic hydroxyl groups is 1. The largest absolute Gasteiger partial charge is 0.395 e. The zero-order valence-corrected chi connectivity index (χ0v) is 11.2. The van der Waals surface area contributed by atoms with Crippen molar-refractivity contribution in [2.24, 2.45) is 0 Å². The molecular weight excluding hydrogens is 214 g/mol. The molecule has 0 aliphatic heterocycles. The van der Waals surface area contributed by atoms with Crippen molar-refractivity contribution < 1.29 is 9.84 Å². The lowest BCUT2D eigenvalue weighted by atomic mass is 10.00. The van der Waals surface area contributed by atoms with Gasteiger partial charge in [-0.1, -0.05) is 23.8 Å². The summed E-state index contributed by atoms with van der Waals surface area (Å²) in [6.45, 7) is 6.92. The van der Waals surface area contributed by atoms with Gasteiger partial charge in [0.2, 0.25) is 0 Å². The van der Waals surface area contributed by atoms with E-state index in [1.54, 1.807) is 7.11 Å². The maximum Gasteiger partial charge on any atom is 0.0638 e. The van der Waals surface area contributed by atoms with Crippen LogP contribution in [0.3, 0.4) is 0 Å². The highest BCUT2D eigenvalue weighted by molar-refractivity contribution is 5.32. The molecule has 0 saturated heterocycles. The first-order chi connectivity index (χ1) is 8.08. The summed E-state index contributed by atoms with van der Waals surface area (Å²) in [6, 6.07) is 6.63. The molecule has 1 aromatic rings. The minimum absolute atomic E-state index is 0.0179. The Morgan fingerprint density at radius 2 is 2.06 bits per heavy atom. The van der Waals surface area contributed by atoms with Gasteiger partial charge >= 0.3 is 0 Å². The molecule has 2 unspecified atom stereocenters. The number of nitrogens with one attached hydrogen (secondary N) is 1. The van der Waals surface area contributed by atoms with Crippen LogP contribution in [0, 0.1) is 13.8 Å². The van der Waals surface area contributed by atoms with Crippen LogP contribution in [-0.2, 0) is 4.74 Å². The monoisotopic (exact) mass is 237 g/mol. The summed E-state index contributed by atoms with van der Waals surface area (Å²) in [5.41, 5.74) is 3.82. The Kier molecular flexibility index (Phi) is 5.62. The van der Waals surface area contributed by atoms with Crippen molar-refractivity contribution in [1.29, 1.82) is 0 Å². The van der Waals surface area contributed by atoms with E-state index in [0.29, 0.717) is 6.61 Å². The van der Waals surface area contributed by atoms with Crippen LogP contribution in [0.1, 0.15) is 29.7 Å². The van der Waals surface area contributed by atoms with Crippen molar-refractivity contribution in [2.75, 3.05) is 20.3 Å². The second-order valence-corrected chi connectivity index (χ2v) is 4.58. The van der Waals surface area contributed by atoms with E-state index >= 15 is 0 Å². The summed E-state index contributed by atoms with van der Waals surface area (Å²) in [4.78, 5) is 0. The number of ether oxygens (including phenoxy) is 1. The smallest absolute Gasteiger partial charge is 0.0638 e. The van der Waals surface area contributed by atoms with Crippen molar-refractivity contribution in [3.05, 3.63) is 34.9 Å². The molecule has 0 amide bonds. The van der Waals surface area contributed by atoms with E-state index in [0.717, 1.165) is 0 Å². The molecule has 96 valence electrons. The molecule has 0 bridgehead atoms. The van der Waals surface area contributed by atoms with E-state index in [2.05, 4.69) is 44.3 Å². The fourth-order valence-corrected chi connectivity index (χ4v) is 2.11. The van der Waals surface area contributed by atoms with Gasteiger partial charge in [0, 0.05) is 13.2 Å². The Morgan fingerprint density at radius 3 is 2.59 bits per heavy atom. The number of rotatable bonds is 6. The first kappa shape index (κ1) is 14.2. The van der Waals surface area contributed by atoms with Crippen molar-refractivity contribution in [3.63, 3.8) is 0 Å². The molecule has 3 nitrogen and oxygen atoms in total. The molecule has 0 aromatic heterocycles. The van der Waals surface area contributed by atoms with E-state index in [-0.39, 0.29) is 18.7 Å². The standard InChI is InChI=1S/C14H23NO2/c1-10-5-6-14(11(2)7-10)12(3)15-13(8-16)9-17-4/h5-7,12-13,15-16H,8-9H2,1-4H3.